The number of aromatic amines is 2. The third kappa shape index (κ3) is 8.13. The average molecular weight is 724 g/mol. The van der Waals surface area contributed by atoms with Gasteiger partial charge in [-0.3, -0.25) is 14.4 Å². The van der Waals surface area contributed by atoms with Crippen LogP contribution in [0, 0.1) is 5.92 Å². The maximum absolute atomic E-state index is 13.7. The summed E-state index contributed by atoms with van der Waals surface area (Å²) >= 11 is 0. The predicted molar refractivity (Wildman–Crippen MR) is 200 cm³/mol. The number of hydrogen-bond donors (Lipinski definition) is 4. The van der Waals surface area contributed by atoms with Crippen molar-refractivity contribution >= 4 is 23.9 Å². The maximum Gasteiger partial charge on any atom is 0.407 e. The van der Waals surface area contributed by atoms with Gasteiger partial charge in [0.05, 0.1) is 36.8 Å². The molecule has 3 atom stereocenters. The van der Waals surface area contributed by atoms with Gasteiger partial charge in [-0.05, 0) is 73.1 Å². The standard InChI is InChI=1S/C38H45N7O4.C2H4O2/c1-22(2)33(43-38(48)49-4)37(47)45-19-7-11-32(45)36-40-29-9-5-8-27-20-26(16-17-28(27)34(29)42-36)24-12-14-25(15-13-24)30-21-39-35(41-30)31-10-6-18-44(31)23(3)46;1-2(3)4/h12-17,20-22,31-33H,5-11,18-19H2,1-4H3,(H,39,41)(H,40,42)(H,43,48);1H3,(H,3,4)/t31-,32-,33-;/m0./s1. The molecule has 0 spiro atoms. The highest BCUT2D eigenvalue weighted by molar-refractivity contribution is 5.86. The smallest absolute Gasteiger partial charge is 0.407 e. The summed E-state index contributed by atoms with van der Waals surface area (Å²) < 4.78 is 4.79. The first-order valence-corrected chi connectivity index (χ1v) is 18.4. The topological polar surface area (TPSA) is 174 Å². The summed E-state index contributed by atoms with van der Waals surface area (Å²) in [5.41, 5.74) is 8.78. The van der Waals surface area contributed by atoms with Gasteiger partial charge in [-0.1, -0.05) is 56.3 Å². The van der Waals surface area contributed by atoms with Crippen molar-refractivity contribution in [3.05, 3.63) is 71.6 Å². The van der Waals surface area contributed by atoms with Gasteiger partial charge in [0.1, 0.15) is 17.7 Å². The first-order chi connectivity index (χ1) is 25.4. The highest BCUT2D eigenvalue weighted by atomic mass is 16.5. The summed E-state index contributed by atoms with van der Waals surface area (Å²) in [5.74, 6) is 0.729. The van der Waals surface area contributed by atoms with Crippen LogP contribution in [0.25, 0.3) is 33.6 Å². The second-order valence-electron chi connectivity index (χ2n) is 14.4. The van der Waals surface area contributed by atoms with Crippen molar-refractivity contribution in [1.82, 2.24) is 35.1 Å². The molecule has 1 aliphatic carbocycles. The maximum atomic E-state index is 13.7. The lowest BCUT2D eigenvalue weighted by atomic mass is 9.95. The highest BCUT2D eigenvalue weighted by Gasteiger charge is 2.38. The van der Waals surface area contributed by atoms with E-state index in [1.54, 1.807) is 6.92 Å². The number of amides is 3. The zero-order valence-corrected chi connectivity index (χ0v) is 31.1. The summed E-state index contributed by atoms with van der Waals surface area (Å²) in [6, 6.07) is 14.4. The molecule has 2 aromatic heterocycles. The van der Waals surface area contributed by atoms with Crippen LogP contribution in [-0.2, 0) is 32.0 Å². The number of carboxylic acids is 1. The third-order valence-corrected chi connectivity index (χ3v) is 10.4. The number of likely N-dealkylation sites (tertiary alicyclic amines) is 2. The minimum atomic E-state index is -0.833. The number of alkyl carbamates (subject to hydrolysis) is 1. The number of rotatable bonds is 7. The fourth-order valence-corrected chi connectivity index (χ4v) is 7.77. The fraction of sp³-hybridized carbons (Fsp3) is 0.450. The van der Waals surface area contributed by atoms with Crippen LogP contribution in [0.3, 0.4) is 0 Å². The van der Waals surface area contributed by atoms with Gasteiger partial charge in [-0.25, -0.2) is 14.8 Å². The van der Waals surface area contributed by atoms with E-state index in [1.807, 2.05) is 29.8 Å². The number of nitrogens with zero attached hydrogens (tertiary/aromatic N) is 4. The molecule has 2 fully saturated rings. The van der Waals surface area contributed by atoms with E-state index >= 15 is 0 Å². The Morgan fingerprint density at radius 1 is 0.868 bits per heavy atom. The average Bonchev–Trinajstić information content (AvgIpc) is 3.95. The van der Waals surface area contributed by atoms with Gasteiger partial charge < -0.3 is 34.9 Å². The number of hydrogen-bond acceptors (Lipinski definition) is 7. The Kier molecular flexibility index (Phi) is 11.3. The summed E-state index contributed by atoms with van der Waals surface area (Å²) in [5, 5.41) is 10.1. The number of H-pyrrole nitrogens is 2. The molecule has 0 radical (unpaired) electrons. The Morgan fingerprint density at radius 2 is 1.51 bits per heavy atom. The zero-order chi connectivity index (χ0) is 37.8. The van der Waals surface area contributed by atoms with Crippen LogP contribution in [0.5, 0.6) is 0 Å². The zero-order valence-electron chi connectivity index (χ0n) is 31.1. The number of fused-ring (bicyclic) bond motifs is 3. The minimum absolute atomic E-state index is 0.0170. The van der Waals surface area contributed by atoms with Gasteiger partial charge in [0.15, 0.2) is 0 Å². The quantitative estimate of drug-likeness (QED) is 0.169. The first kappa shape index (κ1) is 37.3. The van der Waals surface area contributed by atoms with Crippen LogP contribution < -0.4 is 5.32 Å². The molecule has 4 N–H and O–H groups in total. The first-order valence-electron chi connectivity index (χ1n) is 18.4. The Balaban J connectivity index is 0.00000114. The number of ether oxygens (including phenoxy) is 1. The lowest BCUT2D eigenvalue weighted by Crippen LogP contribution is -2.51. The van der Waals surface area contributed by atoms with Gasteiger partial charge in [-0.15, -0.1) is 0 Å². The molecule has 3 amide bonds. The molecule has 4 heterocycles. The molecule has 13 nitrogen and oxygen atoms in total. The number of carbonyl (C=O) groups excluding carboxylic acids is 3. The van der Waals surface area contributed by atoms with Crippen LogP contribution in [0.1, 0.15) is 94.8 Å². The van der Waals surface area contributed by atoms with Crippen molar-refractivity contribution in [3.63, 3.8) is 0 Å². The number of carbonyl (C=O) groups is 4. The normalized spacial score (nSPS) is 18.4. The second-order valence-corrected chi connectivity index (χ2v) is 14.4. The largest absolute Gasteiger partial charge is 0.481 e. The summed E-state index contributed by atoms with van der Waals surface area (Å²) in [7, 11) is 1.31. The predicted octanol–water partition coefficient (Wildman–Crippen LogP) is 6.44. The summed E-state index contributed by atoms with van der Waals surface area (Å²) in [6.07, 6.45) is 7.73. The molecule has 2 aliphatic heterocycles. The molecular formula is C40H49N7O6. The Hall–Kier alpha value is -5.46. The number of carboxylic acid groups (broad SMARTS) is 1. The van der Waals surface area contributed by atoms with E-state index in [0.29, 0.717) is 6.54 Å². The van der Waals surface area contributed by atoms with Crippen LogP contribution in [-0.4, -0.2) is 85.0 Å². The van der Waals surface area contributed by atoms with Gasteiger partial charge in [0, 0.05) is 38.2 Å². The Morgan fingerprint density at radius 3 is 2.17 bits per heavy atom. The molecule has 2 aromatic carbocycles. The molecule has 13 heteroatoms. The van der Waals surface area contributed by atoms with Crippen LogP contribution in [0.4, 0.5) is 4.79 Å². The molecular weight excluding hydrogens is 674 g/mol. The van der Waals surface area contributed by atoms with E-state index in [1.165, 1.54) is 12.7 Å². The SMILES string of the molecule is CC(=O)O.COC(=O)N[C@H](C(=O)N1CCC[C@H]1c1nc2c([nH]1)CCCc1cc(-c3ccc(-c4cnc([C@@H]5CCCN5C(C)=O)[nH]4)cc3)ccc1-2)C(C)C. The molecule has 0 bridgehead atoms. The second kappa shape index (κ2) is 16.1. The number of aryl methyl sites for hydroxylation is 2. The van der Waals surface area contributed by atoms with Crippen molar-refractivity contribution < 1.29 is 29.0 Å². The Bertz CT molecular complexity index is 1960. The summed E-state index contributed by atoms with van der Waals surface area (Å²) in [4.78, 5) is 67.4. The number of benzene rings is 2. The van der Waals surface area contributed by atoms with Crippen LogP contribution in [0.15, 0.2) is 48.7 Å². The van der Waals surface area contributed by atoms with Gasteiger partial charge >= 0.3 is 6.09 Å². The van der Waals surface area contributed by atoms with E-state index < -0.39 is 18.1 Å². The number of imidazole rings is 2. The fourth-order valence-electron chi connectivity index (χ4n) is 7.77. The molecule has 0 saturated carbocycles. The number of aromatic nitrogens is 4. The lowest BCUT2D eigenvalue weighted by molar-refractivity contribution is -0.136. The van der Waals surface area contributed by atoms with Gasteiger partial charge in [-0.2, -0.15) is 0 Å². The molecule has 4 aromatic rings. The lowest BCUT2D eigenvalue weighted by Gasteiger charge is -2.30. The number of methoxy groups -OCH3 is 1. The van der Waals surface area contributed by atoms with Crippen molar-refractivity contribution in [1.29, 1.82) is 0 Å². The van der Waals surface area contributed by atoms with E-state index in [-0.39, 0.29) is 29.8 Å². The molecule has 53 heavy (non-hydrogen) atoms. The third-order valence-electron chi connectivity index (χ3n) is 10.4. The van der Waals surface area contributed by atoms with Gasteiger partial charge in [0.25, 0.3) is 5.97 Å². The molecule has 2 saturated heterocycles. The minimum Gasteiger partial charge on any atom is -0.481 e. The monoisotopic (exact) mass is 723 g/mol. The molecule has 0 unspecified atom stereocenters. The van der Waals surface area contributed by atoms with Crippen molar-refractivity contribution in [2.75, 3.05) is 20.2 Å². The van der Waals surface area contributed by atoms with E-state index in [0.717, 1.165) is 109 Å². The van der Waals surface area contributed by atoms with E-state index in [2.05, 4.69) is 62.7 Å². The van der Waals surface area contributed by atoms with Crippen molar-refractivity contribution in [2.24, 2.45) is 5.92 Å². The van der Waals surface area contributed by atoms with Gasteiger partial charge in [0.2, 0.25) is 11.8 Å². The number of aliphatic carboxylic acids is 1. The van der Waals surface area contributed by atoms with Crippen molar-refractivity contribution in [2.45, 2.75) is 90.8 Å². The Labute approximate surface area is 309 Å². The summed E-state index contributed by atoms with van der Waals surface area (Å²) in [6.45, 7) is 7.97. The molecule has 280 valence electrons. The molecule has 7 rings (SSSR count). The highest BCUT2D eigenvalue weighted by Crippen LogP contribution is 2.38. The van der Waals surface area contributed by atoms with E-state index in [9.17, 15) is 14.4 Å². The van der Waals surface area contributed by atoms with Crippen LogP contribution >= 0.6 is 0 Å². The van der Waals surface area contributed by atoms with E-state index in [4.69, 9.17) is 19.6 Å². The molecule has 3 aliphatic rings. The van der Waals surface area contributed by atoms with Crippen molar-refractivity contribution in [3.8, 4) is 33.6 Å². The van der Waals surface area contributed by atoms with Crippen LogP contribution in [0.2, 0.25) is 0 Å². The number of nitrogens with one attached hydrogen (secondary N) is 3.